The van der Waals surface area contributed by atoms with Gasteiger partial charge >= 0.3 is 0 Å². The van der Waals surface area contributed by atoms with Crippen LogP contribution >= 0.6 is 0 Å². The number of imidazole rings is 1. The zero-order chi connectivity index (χ0) is 17.3. The number of aryl methyl sites for hydroxylation is 4. The Morgan fingerprint density at radius 2 is 2.17 bits per heavy atom. The summed E-state index contributed by atoms with van der Waals surface area (Å²) in [7, 11) is 2.04. The highest BCUT2D eigenvalue weighted by Gasteiger charge is 2.27. The second-order valence-electron chi connectivity index (χ2n) is 6.94. The topological polar surface area (TPSA) is 66.8 Å². The van der Waals surface area contributed by atoms with Crippen LogP contribution in [0.2, 0.25) is 0 Å². The average Bonchev–Trinajstić information content (AvgIpc) is 3.07. The molecule has 3 heterocycles. The number of carbonyl (C=O) groups is 1. The zero-order valence-corrected chi connectivity index (χ0v) is 15.1. The van der Waals surface area contributed by atoms with Crippen LogP contribution in [-0.2, 0) is 18.3 Å². The van der Waals surface area contributed by atoms with Crippen molar-refractivity contribution in [2.75, 3.05) is 13.1 Å². The van der Waals surface area contributed by atoms with Gasteiger partial charge in [0.1, 0.15) is 5.82 Å². The Hall–Kier alpha value is -2.11. The number of likely N-dealkylation sites (tertiary alicyclic amines) is 1. The number of nitrogens with zero attached hydrogens (tertiary/aromatic N) is 4. The summed E-state index contributed by atoms with van der Waals surface area (Å²) in [5.74, 6) is 1.69. The number of piperidine rings is 1. The first kappa shape index (κ1) is 16.7. The summed E-state index contributed by atoms with van der Waals surface area (Å²) in [6.07, 6.45) is 5.52. The molecule has 1 N–H and O–H groups in total. The molecule has 24 heavy (non-hydrogen) atoms. The monoisotopic (exact) mass is 329 g/mol. The van der Waals surface area contributed by atoms with Gasteiger partial charge in [-0.05, 0) is 45.6 Å². The van der Waals surface area contributed by atoms with Gasteiger partial charge in [0.25, 0.3) is 0 Å². The smallest absolute Gasteiger partial charge is 0.222 e. The standard InChI is InChI=1S/C18H27N5O/c1-12-10-22(4)18(19-12)15-6-5-9-23(11-15)17(24)8-7-16-13(2)20-21-14(16)3/h10,15H,5-9,11H2,1-4H3,(H,20,21)/t15-/m1/s1. The lowest BCUT2D eigenvalue weighted by Crippen LogP contribution is -2.39. The summed E-state index contributed by atoms with van der Waals surface area (Å²) in [5, 5.41) is 7.20. The van der Waals surface area contributed by atoms with E-state index in [0.29, 0.717) is 12.3 Å². The lowest BCUT2D eigenvalue weighted by molar-refractivity contribution is -0.132. The van der Waals surface area contributed by atoms with E-state index < -0.39 is 0 Å². The Balaban J connectivity index is 1.62. The molecular formula is C18H27N5O. The largest absolute Gasteiger partial charge is 0.342 e. The third kappa shape index (κ3) is 3.37. The molecule has 0 aromatic carbocycles. The third-order valence-corrected chi connectivity index (χ3v) is 5.04. The van der Waals surface area contributed by atoms with E-state index in [1.165, 1.54) is 5.56 Å². The molecule has 1 amide bonds. The molecule has 6 nitrogen and oxygen atoms in total. The number of amides is 1. The van der Waals surface area contributed by atoms with Crippen LogP contribution in [0.25, 0.3) is 0 Å². The van der Waals surface area contributed by atoms with Gasteiger partial charge in [0, 0.05) is 44.4 Å². The van der Waals surface area contributed by atoms with Gasteiger partial charge in [-0.15, -0.1) is 0 Å². The minimum absolute atomic E-state index is 0.241. The van der Waals surface area contributed by atoms with Gasteiger partial charge in [-0.25, -0.2) is 4.98 Å². The SMILES string of the molecule is Cc1cn(C)c([C@@H]2CCCN(C(=O)CCc3c(C)n[nH]c3C)C2)n1. The summed E-state index contributed by atoms with van der Waals surface area (Å²) in [5.41, 5.74) is 4.29. The highest BCUT2D eigenvalue weighted by Crippen LogP contribution is 2.26. The average molecular weight is 329 g/mol. The molecule has 1 atom stereocenters. The fourth-order valence-electron chi connectivity index (χ4n) is 3.76. The Labute approximate surface area is 143 Å². The van der Waals surface area contributed by atoms with E-state index in [0.717, 1.165) is 55.3 Å². The minimum atomic E-state index is 0.241. The third-order valence-electron chi connectivity index (χ3n) is 5.04. The maximum atomic E-state index is 12.7. The van der Waals surface area contributed by atoms with E-state index in [1.54, 1.807) is 0 Å². The van der Waals surface area contributed by atoms with Gasteiger partial charge in [0.2, 0.25) is 5.91 Å². The van der Waals surface area contributed by atoms with Gasteiger partial charge in [0.05, 0.1) is 11.4 Å². The summed E-state index contributed by atoms with van der Waals surface area (Å²) in [6.45, 7) is 7.67. The van der Waals surface area contributed by atoms with E-state index in [2.05, 4.69) is 25.9 Å². The van der Waals surface area contributed by atoms with Crippen molar-refractivity contribution in [2.24, 2.45) is 7.05 Å². The van der Waals surface area contributed by atoms with Crippen LogP contribution in [0.5, 0.6) is 0 Å². The Morgan fingerprint density at radius 3 is 2.79 bits per heavy atom. The maximum absolute atomic E-state index is 12.7. The lowest BCUT2D eigenvalue weighted by atomic mass is 9.96. The van der Waals surface area contributed by atoms with Crippen LogP contribution in [-0.4, -0.2) is 43.6 Å². The van der Waals surface area contributed by atoms with Gasteiger partial charge < -0.3 is 9.47 Å². The molecule has 1 aliphatic rings. The van der Waals surface area contributed by atoms with Gasteiger partial charge in [-0.3, -0.25) is 9.89 Å². The molecule has 0 saturated carbocycles. The fourth-order valence-corrected chi connectivity index (χ4v) is 3.76. The first-order chi connectivity index (χ1) is 11.5. The quantitative estimate of drug-likeness (QED) is 0.936. The van der Waals surface area contributed by atoms with Crippen molar-refractivity contribution in [3.05, 3.63) is 34.7 Å². The molecule has 2 aromatic rings. The van der Waals surface area contributed by atoms with Crippen LogP contribution < -0.4 is 0 Å². The van der Waals surface area contributed by atoms with Gasteiger partial charge in [0.15, 0.2) is 0 Å². The molecule has 0 radical (unpaired) electrons. The second-order valence-corrected chi connectivity index (χ2v) is 6.94. The summed E-state index contributed by atoms with van der Waals surface area (Å²) < 4.78 is 2.10. The normalized spacial score (nSPS) is 18.2. The first-order valence-corrected chi connectivity index (χ1v) is 8.73. The van der Waals surface area contributed by atoms with Crippen LogP contribution in [0, 0.1) is 20.8 Å². The molecule has 1 fully saturated rings. The molecule has 0 spiro atoms. The highest BCUT2D eigenvalue weighted by atomic mass is 16.2. The molecule has 6 heteroatoms. The molecule has 1 aliphatic heterocycles. The van der Waals surface area contributed by atoms with E-state index in [-0.39, 0.29) is 5.91 Å². The molecule has 1 saturated heterocycles. The molecule has 2 aromatic heterocycles. The molecule has 0 unspecified atom stereocenters. The van der Waals surface area contributed by atoms with Crippen LogP contribution in [0.1, 0.15) is 53.7 Å². The lowest BCUT2D eigenvalue weighted by Gasteiger charge is -2.32. The minimum Gasteiger partial charge on any atom is -0.342 e. The predicted octanol–water partition coefficient (Wildman–Crippen LogP) is 2.41. The van der Waals surface area contributed by atoms with E-state index in [4.69, 9.17) is 0 Å². The highest BCUT2D eigenvalue weighted by molar-refractivity contribution is 5.76. The van der Waals surface area contributed by atoms with E-state index in [9.17, 15) is 4.79 Å². The first-order valence-electron chi connectivity index (χ1n) is 8.73. The number of nitrogens with one attached hydrogen (secondary N) is 1. The van der Waals surface area contributed by atoms with Crippen molar-refractivity contribution in [1.29, 1.82) is 0 Å². The molecule has 0 bridgehead atoms. The number of hydrogen-bond donors (Lipinski definition) is 1. The van der Waals surface area contributed by atoms with Crippen molar-refractivity contribution >= 4 is 5.91 Å². The molecular weight excluding hydrogens is 302 g/mol. The summed E-state index contributed by atoms with van der Waals surface area (Å²) >= 11 is 0. The van der Waals surface area contributed by atoms with Crippen molar-refractivity contribution < 1.29 is 4.79 Å². The number of carbonyl (C=O) groups excluding carboxylic acids is 1. The number of aromatic amines is 1. The number of rotatable bonds is 4. The van der Waals surface area contributed by atoms with Crippen molar-refractivity contribution in [3.63, 3.8) is 0 Å². The molecule has 0 aliphatic carbocycles. The number of aromatic nitrogens is 4. The van der Waals surface area contributed by atoms with Crippen molar-refractivity contribution in [3.8, 4) is 0 Å². The maximum Gasteiger partial charge on any atom is 0.222 e. The van der Waals surface area contributed by atoms with Crippen molar-refractivity contribution in [1.82, 2.24) is 24.6 Å². The molecule has 3 rings (SSSR count). The number of H-pyrrole nitrogens is 1. The Morgan fingerprint density at radius 1 is 1.38 bits per heavy atom. The molecule has 130 valence electrons. The summed E-state index contributed by atoms with van der Waals surface area (Å²) in [6, 6.07) is 0. The predicted molar refractivity (Wildman–Crippen MR) is 92.9 cm³/mol. The van der Waals surface area contributed by atoms with Crippen molar-refractivity contribution in [2.45, 2.75) is 52.4 Å². The van der Waals surface area contributed by atoms with Gasteiger partial charge in [-0.2, -0.15) is 5.10 Å². The fraction of sp³-hybridized carbons (Fsp3) is 0.611. The van der Waals surface area contributed by atoms with Gasteiger partial charge in [-0.1, -0.05) is 0 Å². The van der Waals surface area contributed by atoms with Crippen LogP contribution in [0.15, 0.2) is 6.20 Å². The van der Waals surface area contributed by atoms with E-state index in [1.807, 2.05) is 32.7 Å². The Kier molecular flexibility index (Phi) is 4.73. The summed E-state index contributed by atoms with van der Waals surface area (Å²) in [4.78, 5) is 19.3. The Bertz CT molecular complexity index is 710. The van der Waals surface area contributed by atoms with Crippen LogP contribution in [0.3, 0.4) is 0 Å². The number of hydrogen-bond acceptors (Lipinski definition) is 3. The van der Waals surface area contributed by atoms with Crippen LogP contribution in [0.4, 0.5) is 0 Å². The zero-order valence-electron chi connectivity index (χ0n) is 15.1. The second kappa shape index (κ2) is 6.79. The van der Waals surface area contributed by atoms with E-state index >= 15 is 0 Å².